The molecule has 2 aromatic heterocycles. The number of aryl methyl sites for hydroxylation is 1. The smallest absolute Gasteiger partial charge is 0.186 e. The predicted molar refractivity (Wildman–Crippen MR) is 80.7 cm³/mol. The summed E-state index contributed by atoms with van der Waals surface area (Å²) < 4.78 is 1.78. The number of anilines is 1. The maximum atomic E-state index is 4.68. The molecule has 3 aromatic rings. The molecule has 1 aromatic carbocycles. The molecule has 2 heterocycles. The second-order valence-corrected chi connectivity index (χ2v) is 5.37. The number of benzene rings is 1. The molecule has 0 saturated heterocycles. The third kappa shape index (κ3) is 2.55. The van der Waals surface area contributed by atoms with Crippen LogP contribution in [0.15, 0.2) is 42.0 Å². The molecule has 0 bridgehead atoms. The average Bonchev–Trinajstić information content (AvgIpc) is 3.10. The molecule has 0 saturated carbocycles. The Morgan fingerprint density at radius 2 is 2.05 bits per heavy atom. The van der Waals surface area contributed by atoms with Crippen LogP contribution in [-0.4, -0.2) is 26.8 Å². The zero-order valence-electron chi connectivity index (χ0n) is 11.4. The van der Waals surface area contributed by atoms with Gasteiger partial charge in [0.25, 0.3) is 0 Å². The Kier molecular flexibility index (Phi) is 3.47. The van der Waals surface area contributed by atoms with E-state index in [1.54, 1.807) is 22.3 Å². The van der Waals surface area contributed by atoms with Crippen molar-refractivity contribution in [2.75, 3.05) is 11.9 Å². The van der Waals surface area contributed by atoms with Gasteiger partial charge in [-0.1, -0.05) is 30.3 Å². The van der Waals surface area contributed by atoms with Crippen LogP contribution in [-0.2, 0) is 13.6 Å². The molecule has 20 heavy (non-hydrogen) atoms. The molecular weight excluding hydrogens is 270 g/mol. The number of thiazole rings is 1. The molecule has 3 rings (SSSR count). The van der Waals surface area contributed by atoms with E-state index in [0.29, 0.717) is 6.54 Å². The zero-order chi connectivity index (χ0) is 13.9. The minimum absolute atomic E-state index is 0.693. The molecule has 0 spiro atoms. The van der Waals surface area contributed by atoms with Crippen LogP contribution in [0.1, 0.15) is 5.82 Å². The highest BCUT2D eigenvalue weighted by Gasteiger charge is 2.11. The standard InChI is InChI=1S/C14H15N5S/c1-18(8-13-15-10-16-19(13)2)14-17-12(9-20-14)11-6-4-3-5-7-11/h3-7,9-10H,8H2,1-2H3. The molecule has 0 N–H and O–H groups in total. The first-order valence-electron chi connectivity index (χ1n) is 6.29. The highest BCUT2D eigenvalue weighted by Crippen LogP contribution is 2.27. The Balaban J connectivity index is 1.78. The van der Waals surface area contributed by atoms with E-state index in [4.69, 9.17) is 0 Å². The van der Waals surface area contributed by atoms with Crippen molar-refractivity contribution >= 4 is 16.5 Å². The fourth-order valence-electron chi connectivity index (χ4n) is 1.92. The van der Waals surface area contributed by atoms with Gasteiger partial charge in [-0.25, -0.2) is 9.97 Å². The summed E-state index contributed by atoms with van der Waals surface area (Å²) >= 11 is 1.64. The summed E-state index contributed by atoms with van der Waals surface area (Å²) in [6.45, 7) is 0.693. The van der Waals surface area contributed by atoms with Gasteiger partial charge >= 0.3 is 0 Å². The summed E-state index contributed by atoms with van der Waals surface area (Å²) in [6, 6.07) is 10.2. The molecule has 0 aliphatic rings. The molecule has 5 nitrogen and oxygen atoms in total. The second kappa shape index (κ2) is 5.42. The molecule has 0 aliphatic heterocycles. The number of hydrogen-bond acceptors (Lipinski definition) is 5. The first-order chi connectivity index (χ1) is 9.74. The summed E-state index contributed by atoms with van der Waals surface area (Å²) in [5.41, 5.74) is 2.15. The minimum atomic E-state index is 0.693. The van der Waals surface area contributed by atoms with Gasteiger partial charge in [-0.15, -0.1) is 11.3 Å². The quantitative estimate of drug-likeness (QED) is 0.739. The summed E-state index contributed by atoms with van der Waals surface area (Å²) in [4.78, 5) is 11.0. The van der Waals surface area contributed by atoms with Crippen LogP contribution in [0.3, 0.4) is 0 Å². The molecule has 6 heteroatoms. The normalized spacial score (nSPS) is 10.7. The van der Waals surface area contributed by atoms with Crippen LogP contribution < -0.4 is 4.90 Å². The van der Waals surface area contributed by atoms with E-state index in [9.17, 15) is 0 Å². The summed E-state index contributed by atoms with van der Waals surface area (Å²) in [5.74, 6) is 0.920. The van der Waals surface area contributed by atoms with E-state index in [1.807, 2.05) is 32.3 Å². The summed E-state index contributed by atoms with van der Waals surface area (Å²) in [5, 5.41) is 7.14. The third-order valence-corrected chi connectivity index (χ3v) is 4.03. The van der Waals surface area contributed by atoms with E-state index >= 15 is 0 Å². The molecule has 0 radical (unpaired) electrons. The van der Waals surface area contributed by atoms with Crippen molar-refractivity contribution in [2.24, 2.45) is 7.05 Å². The van der Waals surface area contributed by atoms with Crippen molar-refractivity contribution in [3.8, 4) is 11.3 Å². The Bertz CT molecular complexity index is 688. The van der Waals surface area contributed by atoms with Crippen molar-refractivity contribution in [3.63, 3.8) is 0 Å². The largest absolute Gasteiger partial charge is 0.344 e. The van der Waals surface area contributed by atoms with Gasteiger partial charge in [0, 0.05) is 25.0 Å². The highest BCUT2D eigenvalue weighted by molar-refractivity contribution is 7.14. The molecule has 0 amide bonds. The monoisotopic (exact) mass is 285 g/mol. The van der Waals surface area contributed by atoms with Gasteiger partial charge in [0.05, 0.1) is 12.2 Å². The van der Waals surface area contributed by atoms with E-state index in [2.05, 4.69) is 37.5 Å². The zero-order valence-corrected chi connectivity index (χ0v) is 12.2. The maximum absolute atomic E-state index is 4.68. The van der Waals surface area contributed by atoms with Crippen molar-refractivity contribution < 1.29 is 0 Å². The molecule has 0 unspecified atom stereocenters. The lowest BCUT2D eigenvalue weighted by Gasteiger charge is -2.14. The van der Waals surface area contributed by atoms with Crippen LogP contribution >= 0.6 is 11.3 Å². The fourth-order valence-corrected chi connectivity index (χ4v) is 2.73. The van der Waals surface area contributed by atoms with Crippen molar-refractivity contribution in [1.29, 1.82) is 0 Å². The van der Waals surface area contributed by atoms with Crippen molar-refractivity contribution in [1.82, 2.24) is 19.7 Å². The minimum Gasteiger partial charge on any atom is -0.344 e. The van der Waals surface area contributed by atoms with E-state index in [1.165, 1.54) is 0 Å². The lowest BCUT2D eigenvalue weighted by atomic mass is 10.2. The van der Waals surface area contributed by atoms with Gasteiger partial charge in [-0.2, -0.15) is 5.10 Å². The maximum Gasteiger partial charge on any atom is 0.186 e. The van der Waals surface area contributed by atoms with Crippen LogP contribution in [0.5, 0.6) is 0 Å². The van der Waals surface area contributed by atoms with E-state index in [0.717, 1.165) is 22.2 Å². The summed E-state index contributed by atoms with van der Waals surface area (Å²) in [7, 11) is 3.91. The van der Waals surface area contributed by atoms with E-state index < -0.39 is 0 Å². The van der Waals surface area contributed by atoms with Gasteiger partial charge in [0.1, 0.15) is 12.2 Å². The number of rotatable bonds is 4. The van der Waals surface area contributed by atoms with Crippen LogP contribution in [0.2, 0.25) is 0 Å². The van der Waals surface area contributed by atoms with Gasteiger partial charge in [-0.3, -0.25) is 4.68 Å². The van der Waals surface area contributed by atoms with Crippen LogP contribution in [0.25, 0.3) is 11.3 Å². The lowest BCUT2D eigenvalue weighted by Crippen LogP contribution is -2.19. The topological polar surface area (TPSA) is 46.8 Å². The van der Waals surface area contributed by atoms with Gasteiger partial charge in [0.15, 0.2) is 5.13 Å². The molecule has 0 aliphatic carbocycles. The van der Waals surface area contributed by atoms with Crippen molar-refractivity contribution in [3.05, 3.63) is 47.9 Å². The first-order valence-corrected chi connectivity index (χ1v) is 7.17. The SMILES string of the molecule is CN(Cc1ncnn1C)c1nc(-c2ccccc2)cs1. The number of aromatic nitrogens is 4. The molecular formula is C14H15N5S. The Labute approximate surface area is 121 Å². The molecule has 102 valence electrons. The van der Waals surface area contributed by atoms with Crippen LogP contribution in [0, 0.1) is 0 Å². The van der Waals surface area contributed by atoms with Gasteiger partial charge < -0.3 is 4.90 Å². The van der Waals surface area contributed by atoms with Crippen LogP contribution in [0.4, 0.5) is 5.13 Å². The number of hydrogen-bond donors (Lipinski definition) is 0. The lowest BCUT2D eigenvalue weighted by molar-refractivity contribution is 0.688. The predicted octanol–water partition coefficient (Wildman–Crippen LogP) is 2.58. The molecule has 0 atom stereocenters. The van der Waals surface area contributed by atoms with Gasteiger partial charge in [-0.05, 0) is 0 Å². The van der Waals surface area contributed by atoms with Gasteiger partial charge in [0.2, 0.25) is 0 Å². The third-order valence-electron chi connectivity index (χ3n) is 3.07. The highest BCUT2D eigenvalue weighted by atomic mass is 32.1. The Hall–Kier alpha value is -2.21. The van der Waals surface area contributed by atoms with Crippen molar-refractivity contribution in [2.45, 2.75) is 6.54 Å². The first kappa shape index (κ1) is 12.8. The number of nitrogens with zero attached hydrogens (tertiary/aromatic N) is 5. The Morgan fingerprint density at radius 1 is 1.25 bits per heavy atom. The Morgan fingerprint density at radius 3 is 2.75 bits per heavy atom. The second-order valence-electron chi connectivity index (χ2n) is 4.54. The van der Waals surface area contributed by atoms with E-state index in [-0.39, 0.29) is 0 Å². The average molecular weight is 285 g/mol. The summed E-state index contributed by atoms with van der Waals surface area (Å²) in [6.07, 6.45) is 1.57. The fraction of sp³-hybridized carbons (Fsp3) is 0.214. The molecule has 0 fully saturated rings.